The van der Waals surface area contributed by atoms with E-state index in [1.165, 1.54) is 11.8 Å². The largest absolute Gasteiger partial charge is 0.497 e. The standard InChI is InChI=1S/C26H24N4O3S/c1-17-11-13-20(14-12-17)30-25(32)22-9-4-5-10-23(22)27-26(30)34-16-24(31)29-28-18(2)19-7-6-8-21(15-19)33-3/h4-15H,16H2,1-3H3,(H,29,31). The molecular weight excluding hydrogens is 448 g/mol. The zero-order chi connectivity index (χ0) is 24.1. The van der Waals surface area contributed by atoms with Crippen LogP contribution < -0.4 is 15.7 Å². The van der Waals surface area contributed by atoms with Crippen LogP contribution in [-0.2, 0) is 4.79 Å². The average molecular weight is 473 g/mol. The number of para-hydroxylation sites is 1. The zero-order valence-corrected chi connectivity index (χ0v) is 19.9. The van der Waals surface area contributed by atoms with Crippen molar-refractivity contribution in [2.75, 3.05) is 12.9 Å². The summed E-state index contributed by atoms with van der Waals surface area (Å²) in [6, 6.07) is 22.3. The molecule has 0 fully saturated rings. The molecule has 0 aliphatic rings. The van der Waals surface area contributed by atoms with Crippen molar-refractivity contribution in [1.29, 1.82) is 0 Å². The van der Waals surface area contributed by atoms with Gasteiger partial charge in [-0.05, 0) is 50.2 Å². The number of hydrogen-bond acceptors (Lipinski definition) is 6. The number of nitrogens with zero attached hydrogens (tertiary/aromatic N) is 3. The van der Waals surface area contributed by atoms with Gasteiger partial charge in [-0.2, -0.15) is 5.10 Å². The summed E-state index contributed by atoms with van der Waals surface area (Å²) < 4.78 is 6.78. The lowest BCUT2D eigenvalue weighted by Crippen LogP contribution is -2.24. The van der Waals surface area contributed by atoms with Gasteiger partial charge in [0.15, 0.2) is 5.16 Å². The molecule has 1 aromatic heterocycles. The maximum Gasteiger partial charge on any atom is 0.266 e. The fraction of sp³-hybridized carbons (Fsp3) is 0.154. The summed E-state index contributed by atoms with van der Waals surface area (Å²) in [5, 5.41) is 5.16. The van der Waals surface area contributed by atoms with Crippen molar-refractivity contribution in [3.63, 3.8) is 0 Å². The Balaban J connectivity index is 1.56. The van der Waals surface area contributed by atoms with Crippen LogP contribution in [0.2, 0.25) is 0 Å². The molecular formula is C26H24N4O3S. The van der Waals surface area contributed by atoms with Crippen LogP contribution in [0, 0.1) is 6.92 Å². The number of methoxy groups -OCH3 is 1. The number of hydrazone groups is 1. The lowest BCUT2D eigenvalue weighted by molar-refractivity contribution is -0.118. The number of thioether (sulfide) groups is 1. The third kappa shape index (κ3) is 5.18. The molecule has 0 radical (unpaired) electrons. The molecule has 1 amide bonds. The molecule has 4 aromatic rings. The molecule has 0 atom stereocenters. The molecule has 172 valence electrons. The number of nitrogens with one attached hydrogen (secondary N) is 1. The van der Waals surface area contributed by atoms with Crippen LogP contribution in [0.25, 0.3) is 16.6 Å². The number of carbonyl (C=O) groups is 1. The second-order valence-corrected chi connectivity index (χ2v) is 8.58. The summed E-state index contributed by atoms with van der Waals surface area (Å²) >= 11 is 1.19. The summed E-state index contributed by atoms with van der Waals surface area (Å²) in [6.45, 7) is 3.79. The van der Waals surface area contributed by atoms with Crippen LogP contribution in [-0.4, -0.2) is 34.0 Å². The van der Waals surface area contributed by atoms with Crippen LogP contribution in [0.15, 0.2) is 87.8 Å². The molecule has 4 rings (SSSR count). The summed E-state index contributed by atoms with van der Waals surface area (Å²) in [7, 11) is 1.60. The second kappa shape index (κ2) is 10.4. The highest BCUT2D eigenvalue weighted by atomic mass is 32.2. The molecule has 3 aromatic carbocycles. The first kappa shape index (κ1) is 23.3. The van der Waals surface area contributed by atoms with Gasteiger partial charge in [0.1, 0.15) is 5.75 Å². The number of benzene rings is 3. The van der Waals surface area contributed by atoms with Gasteiger partial charge in [0.05, 0.1) is 35.2 Å². The van der Waals surface area contributed by atoms with E-state index >= 15 is 0 Å². The normalized spacial score (nSPS) is 11.4. The molecule has 1 N–H and O–H groups in total. The van der Waals surface area contributed by atoms with E-state index < -0.39 is 0 Å². The van der Waals surface area contributed by atoms with Gasteiger partial charge in [-0.1, -0.05) is 53.7 Å². The van der Waals surface area contributed by atoms with E-state index in [-0.39, 0.29) is 17.2 Å². The predicted octanol–water partition coefficient (Wildman–Crippen LogP) is 4.34. The van der Waals surface area contributed by atoms with E-state index in [2.05, 4.69) is 15.5 Å². The maximum absolute atomic E-state index is 13.3. The highest BCUT2D eigenvalue weighted by molar-refractivity contribution is 7.99. The highest BCUT2D eigenvalue weighted by Gasteiger charge is 2.15. The third-order valence-corrected chi connectivity index (χ3v) is 6.14. The molecule has 0 unspecified atom stereocenters. The van der Waals surface area contributed by atoms with Crippen molar-refractivity contribution in [2.45, 2.75) is 19.0 Å². The van der Waals surface area contributed by atoms with E-state index in [1.807, 2.05) is 74.5 Å². The number of fused-ring (bicyclic) bond motifs is 1. The van der Waals surface area contributed by atoms with Crippen molar-refractivity contribution in [3.8, 4) is 11.4 Å². The molecule has 0 aliphatic carbocycles. The molecule has 8 heteroatoms. The highest BCUT2D eigenvalue weighted by Crippen LogP contribution is 2.21. The van der Waals surface area contributed by atoms with Gasteiger partial charge in [0.25, 0.3) is 11.5 Å². The number of amides is 1. The van der Waals surface area contributed by atoms with Crippen molar-refractivity contribution < 1.29 is 9.53 Å². The van der Waals surface area contributed by atoms with E-state index in [4.69, 9.17) is 4.74 Å². The Bertz CT molecular complexity index is 1430. The number of rotatable bonds is 7. The zero-order valence-electron chi connectivity index (χ0n) is 19.1. The monoisotopic (exact) mass is 472 g/mol. The lowest BCUT2D eigenvalue weighted by Gasteiger charge is -2.13. The lowest BCUT2D eigenvalue weighted by atomic mass is 10.1. The van der Waals surface area contributed by atoms with E-state index in [1.54, 1.807) is 23.8 Å². The molecule has 7 nitrogen and oxygen atoms in total. The SMILES string of the molecule is COc1cccc(C(C)=NNC(=O)CSc2nc3ccccc3c(=O)n2-c2ccc(C)cc2)c1. The Morgan fingerprint density at radius 2 is 1.85 bits per heavy atom. The Hall–Kier alpha value is -3.91. The van der Waals surface area contributed by atoms with Crippen LogP contribution >= 0.6 is 11.8 Å². The van der Waals surface area contributed by atoms with E-state index in [0.717, 1.165) is 11.1 Å². The van der Waals surface area contributed by atoms with Crippen LogP contribution in [0.5, 0.6) is 5.75 Å². The van der Waals surface area contributed by atoms with Crippen molar-refractivity contribution in [2.24, 2.45) is 5.10 Å². The third-order valence-electron chi connectivity index (χ3n) is 5.21. The van der Waals surface area contributed by atoms with Gasteiger partial charge in [0, 0.05) is 5.56 Å². The summed E-state index contributed by atoms with van der Waals surface area (Å²) in [5.74, 6) is 0.460. The van der Waals surface area contributed by atoms with Gasteiger partial charge in [0.2, 0.25) is 0 Å². The van der Waals surface area contributed by atoms with Gasteiger partial charge in [-0.3, -0.25) is 14.2 Å². The minimum absolute atomic E-state index is 0.0472. The minimum Gasteiger partial charge on any atom is -0.497 e. The molecule has 0 aliphatic heterocycles. The first-order valence-corrected chi connectivity index (χ1v) is 11.6. The number of aromatic nitrogens is 2. The molecule has 0 bridgehead atoms. The topological polar surface area (TPSA) is 85.6 Å². The number of ether oxygens (including phenoxy) is 1. The van der Waals surface area contributed by atoms with Crippen molar-refractivity contribution >= 4 is 34.3 Å². The first-order chi connectivity index (χ1) is 16.5. The smallest absolute Gasteiger partial charge is 0.266 e. The van der Waals surface area contributed by atoms with E-state index in [9.17, 15) is 9.59 Å². The number of hydrogen-bond donors (Lipinski definition) is 1. The first-order valence-electron chi connectivity index (χ1n) is 10.7. The fourth-order valence-corrected chi connectivity index (χ4v) is 4.16. The molecule has 1 heterocycles. The Morgan fingerprint density at radius 1 is 1.09 bits per heavy atom. The van der Waals surface area contributed by atoms with Crippen molar-refractivity contribution in [1.82, 2.24) is 15.0 Å². The predicted molar refractivity (Wildman–Crippen MR) is 136 cm³/mol. The quantitative estimate of drug-likeness (QED) is 0.187. The maximum atomic E-state index is 13.3. The Morgan fingerprint density at radius 3 is 2.62 bits per heavy atom. The summed E-state index contributed by atoms with van der Waals surface area (Å²) in [4.78, 5) is 30.5. The summed E-state index contributed by atoms with van der Waals surface area (Å²) in [6.07, 6.45) is 0. The molecule has 0 spiro atoms. The molecule has 0 saturated carbocycles. The van der Waals surface area contributed by atoms with E-state index in [0.29, 0.717) is 33.2 Å². The number of aryl methyl sites for hydroxylation is 1. The van der Waals surface area contributed by atoms with Gasteiger partial charge >= 0.3 is 0 Å². The Kier molecular flexibility index (Phi) is 7.08. The fourth-order valence-electron chi connectivity index (χ4n) is 3.35. The van der Waals surface area contributed by atoms with Gasteiger partial charge in [-0.25, -0.2) is 10.4 Å². The second-order valence-electron chi connectivity index (χ2n) is 7.64. The number of carbonyl (C=O) groups excluding carboxylic acids is 1. The van der Waals surface area contributed by atoms with Gasteiger partial charge < -0.3 is 4.74 Å². The van der Waals surface area contributed by atoms with Crippen LogP contribution in [0.1, 0.15) is 18.1 Å². The van der Waals surface area contributed by atoms with Crippen LogP contribution in [0.4, 0.5) is 0 Å². The van der Waals surface area contributed by atoms with Crippen LogP contribution in [0.3, 0.4) is 0 Å². The summed E-state index contributed by atoms with van der Waals surface area (Å²) in [5.41, 5.74) is 6.27. The Labute approximate surface area is 201 Å². The minimum atomic E-state index is -0.301. The molecule has 34 heavy (non-hydrogen) atoms. The average Bonchev–Trinajstić information content (AvgIpc) is 2.87. The molecule has 0 saturated heterocycles. The van der Waals surface area contributed by atoms with Gasteiger partial charge in [-0.15, -0.1) is 0 Å². The van der Waals surface area contributed by atoms with Crippen molar-refractivity contribution in [3.05, 3.63) is 94.3 Å².